The van der Waals surface area contributed by atoms with E-state index in [1.54, 1.807) is 0 Å². The SMILES string of the molecule is CCCCCCCCCCCCCCCCCC(=O)OC[C@H](COP(=O)(O)OC[C@@H](O)COP(=O)(O)OC[C@@H](COC(=O)CCCCCCCCCCCCCC)OC(=O)CCCCCCCCCCCCC(C)CC)OC(=O)CCCCCCCCCCCCCCCCCCCCC(C)C. The van der Waals surface area contributed by atoms with Gasteiger partial charge in [0.15, 0.2) is 12.2 Å². The molecule has 0 radical (unpaired) electrons. The van der Waals surface area contributed by atoms with Crippen molar-refractivity contribution in [2.24, 2.45) is 11.8 Å². The second-order valence-electron chi connectivity index (χ2n) is 30.6. The molecule has 0 aromatic carbocycles. The first-order valence-corrected chi connectivity index (χ1v) is 46.0. The van der Waals surface area contributed by atoms with Crippen LogP contribution in [0.25, 0.3) is 0 Å². The molecule has 3 N–H and O–H groups in total. The zero-order valence-corrected chi connectivity index (χ0v) is 68.7. The molecule has 0 amide bonds. The van der Waals surface area contributed by atoms with E-state index < -0.39 is 97.5 Å². The highest BCUT2D eigenvalue weighted by atomic mass is 31.2. The van der Waals surface area contributed by atoms with Gasteiger partial charge in [0.05, 0.1) is 26.4 Å². The van der Waals surface area contributed by atoms with Gasteiger partial charge in [-0.25, -0.2) is 9.13 Å². The van der Waals surface area contributed by atoms with Gasteiger partial charge in [0.1, 0.15) is 19.3 Å². The van der Waals surface area contributed by atoms with Crippen molar-refractivity contribution in [3.63, 3.8) is 0 Å². The monoisotopic (exact) mass is 1490 g/mol. The molecule has 0 saturated carbocycles. The molecule has 3 unspecified atom stereocenters. The maximum Gasteiger partial charge on any atom is 0.472 e. The number of unbranched alkanes of at least 4 members (excludes halogenated alkanes) is 51. The Morgan fingerprint density at radius 3 is 0.745 bits per heavy atom. The Bertz CT molecular complexity index is 1960. The lowest BCUT2D eigenvalue weighted by atomic mass is 9.99. The van der Waals surface area contributed by atoms with E-state index in [9.17, 15) is 43.2 Å². The highest BCUT2D eigenvalue weighted by Crippen LogP contribution is 2.45. The Labute approximate surface area is 626 Å². The Hall–Kier alpha value is -1.94. The highest BCUT2D eigenvalue weighted by molar-refractivity contribution is 7.47. The second kappa shape index (κ2) is 74.5. The first-order valence-electron chi connectivity index (χ1n) is 43.0. The van der Waals surface area contributed by atoms with E-state index in [0.29, 0.717) is 25.7 Å². The summed E-state index contributed by atoms with van der Waals surface area (Å²) < 4.78 is 68.8. The molecule has 19 heteroatoms. The van der Waals surface area contributed by atoms with Crippen LogP contribution in [0.4, 0.5) is 0 Å². The standard InChI is InChI=1S/C83H162O17P2/c1-7-10-12-14-16-18-20-22-27-31-35-42-48-54-60-66-81(86)94-71-78(99-82(87)67-61-55-49-43-36-32-29-26-24-23-25-28-30-33-39-45-51-57-63-75(4)5)73-97-101(89,90)95-69-77(84)70-96-102(91,92)98-74-79(72-93-80(85)65-59-53-47-41-34-21-19-17-15-13-11-8-2)100-83(88)68-62-56-50-44-38-37-40-46-52-58-64-76(6)9-3/h75-79,84H,7-74H2,1-6H3,(H,89,90)(H,91,92)/t76?,77-,78-,79-/m1/s1. The summed E-state index contributed by atoms with van der Waals surface area (Å²) in [6.07, 6.45) is 65.0. The van der Waals surface area contributed by atoms with E-state index in [0.717, 1.165) is 102 Å². The van der Waals surface area contributed by atoms with Crippen LogP contribution in [0.1, 0.15) is 440 Å². The molecule has 0 aliphatic carbocycles. The summed E-state index contributed by atoms with van der Waals surface area (Å²) in [5, 5.41) is 10.7. The van der Waals surface area contributed by atoms with Crippen molar-refractivity contribution in [1.29, 1.82) is 0 Å². The van der Waals surface area contributed by atoms with E-state index >= 15 is 0 Å². The largest absolute Gasteiger partial charge is 0.472 e. The predicted octanol–water partition coefficient (Wildman–Crippen LogP) is 25.1. The number of esters is 4. The molecule has 0 heterocycles. The third kappa shape index (κ3) is 74.9. The van der Waals surface area contributed by atoms with Crippen molar-refractivity contribution in [1.82, 2.24) is 0 Å². The van der Waals surface area contributed by atoms with Crippen LogP contribution in [-0.2, 0) is 65.4 Å². The fourth-order valence-electron chi connectivity index (χ4n) is 12.9. The van der Waals surface area contributed by atoms with Gasteiger partial charge in [-0.1, -0.05) is 388 Å². The molecule has 17 nitrogen and oxygen atoms in total. The maximum atomic E-state index is 13.1. The molecule has 102 heavy (non-hydrogen) atoms. The molecule has 0 bridgehead atoms. The van der Waals surface area contributed by atoms with Gasteiger partial charge >= 0.3 is 39.5 Å². The van der Waals surface area contributed by atoms with Gasteiger partial charge in [-0.3, -0.25) is 37.3 Å². The quantitative estimate of drug-likeness (QED) is 0.0222. The molecular weight excluding hydrogens is 1330 g/mol. The summed E-state index contributed by atoms with van der Waals surface area (Å²) >= 11 is 0. The topological polar surface area (TPSA) is 237 Å². The van der Waals surface area contributed by atoms with Gasteiger partial charge in [0.25, 0.3) is 0 Å². The molecule has 0 rings (SSSR count). The molecule has 0 spiro atoms. The van der Waals surface area contributed by atoms with Crippen molar-refractivity contribution in [2.75, 3.05) is 39.6 Å². The number of rotatable bonds is 82. The van der Waals surface area contributed by atoms with Gasteiger partial charge in [-0.15, -0.1) is 0 Å². The lowest BCUT2D eigenvalue weighted by molar-refractivity contribution is -0.161. The summed E-state index contributed by atoms with van der Waals surface area (Å²) in [6, 6.07) is 0. The number of phosphoric acid groups is 2. The Morgan fingerprint density at radius 1 is 0.284 bits per heavy atom. The molecule has 0 saturated heterocycles. The molecule has 0 aliphatic rings. The Kier molecular flexibility index (Phi) is 73.1. The summed E-state index contributed by atoms with van der Waals surface area (Å²) in [4.78, 5) is 73.1. The number of carbonyl (C=O) groups is 4. The Balaban J connectivity index is 5.24. The molecule has 0 fully saturated rings. The molecular formula is C83H162O17P2. The van der Waals surface area contributed by atoms with Gasteiger partial charge in [-0.2, -0.15) is 0 Å². The predicted molar refractivity (Wildman–Crippen MR) is 418 cm³/mol. The van der Waals surface area contributed by atoms with Crippen LogP contribution in [0.3, 0.4) is 0 Å². The molecule has 0 aromatic rings. The smallest absolute Gasteiger partial charge is 0.462 e. The molecule has 0 aromatic heterocycles. The van der Waals surface area contributed by atoms with Crippen LogP contribution >= 0.6 is 15.6 Å². The third-order valence-electron chi connectivity index (χ3n) is 19.8. The second-order valence-corrected chi connectivity index (χ2v) is 33.5. The van der Waals surface area contributed by atoms with Crippen LogP contribution in [0.5, 0.6) is 0 Å². The number of aliphatic hydroxyl groups is 1. The van der Waals surface area contributed by atoms with E-state index in [4.69, 9.17) is 37.0 Å². The van der Waals surface area contributed by atoms with Crippen molar-refractivity contribution >= 4 is 39.5 Å². The number of carbonyl (C=O) groups excluding carboxylic acids is 4. The highest BCUT2D eigenvalue weighted by Gasteiger charge is 2.30. The van der Waals surface area contributed by atoms with Crippen LogP contribution in [-0.4, -0.2) is 96.7 Å². The number of hydrogen-bond acceptors (Lipinski definition) is 15. The lowest BCUT2D eigenvalue weighted by Crippen LogP contribution is -2.30. The van der Waals surface area contributed by atoms with E-state index in [2.05, 4.69) is 41.5 Å². The van der Waals surface area contributed by atoms with Gasteiger partial charge in [0, 0.05) is 25.7 Å². The minimum absolute atomic E-state index is 0.107. The molecule has 0 aliphatic heterocycles. The van der Waals surface area contributed by atoms with E-state index in [1.807, 2.05) is 0 Å². The fourth-order valence-corrected chi connectivity index (χ4v) is 14.4. The number of ether oxygens (including phenoxy) is 4. The van der Waals surface area contributed by atoms with Crippen LogP contribution in [0.15, 0.2) is 0 Å². The summed E-state index contributed by atoms with van der Waals surface area (Å²) in [7, 11) is -9.92. The van der Waals surface area contributed by atoms with Crippen LogP contribution in [0, 0.1) is 11.8 Å². The maximum absolute atomic E-state index is 13.1. The van der Waals surface area contributed by atoms with Gasteiger partial charge in [-0.05, 0) is 37.5 Å². The number of hydrogen-bond donors (Lipinski definition) is 3. The lowest BCUT2D eigenvalue weighted by Gasteiger charge is -2.21. The van der Waals surface area contributed by atoms with Crippen LogP contribution in [0.2, 0.25) is 0 Å². The summed E-state index contributed by atoms with van der Waals surface area (Å²) in [6.45, 7) is 9.71. The summed E-state index contributed by atoms with van der Waals surface area (Å²) in [5.74, 6) is -0.480. The van der Waals surface area contributed by atoms with E-state index in [-0.39, 0.29) is 25.7 Å². The van der Waals surface area contributed by atoms with Crippen molar-refractivity contribution in [3.8, 4) is 0 Å². The first kappa shape index (κ1) is 100. The average molecular weight is 1490 g/mol. The Morgan fingerprint density at radius 2 is 0.500 bits per heavy atom. The minimum atomic E-state index is -4.96. The average Bonchev–Trinajstić information content (AvgIpc) is 0.951. The number of phosphoric ester groups is 2. The first-order chi connectivity index (χ1) is 49.4. The van der Waals surface area contributed by atoms with Gasteiger partial charge < -0.3 is 33.8 Å². The van der Waals surface area contributed by atoms with Crippen molar-refractivity contribution in [3.05, 3.63) is 0 Å². The molecule has 6 atom stereocenters. The summed E-state index contributed by atoms with van der Waals surface area (Å²) in [5.41, 5.74) is 0. The molecule has 606 valence electrons. The van der Waals surface area contributed by atoms with E-state index in [1.165, 1.54) is 257 Å². The van der Waals surface area contributed by atoms with Crippen molar-refractivity contribution in [2.45, 2.75) is 458 Å². The van der Waals surface area contributed by atoms with Gasteiger partial charge in [0.2, 0.25) is 0 Å². The zero-order valence-electron chi connectivity index (χ0n) is 66.9. The minimum Gasteiger partial charge on any atom is -0.462 e. The fraction of sp³-hybridized carbons (Fsp3) is 0.952. The normalized spacial score (nSPS) is 14.1. The zero-order chi connectivity index (χ0) is 74.9. The third-order valence-corrected chi connectivity index (χ3v) is 21.7. The van der Waals surface area contributed by atoms with Crippen LogP contribution < -0.4 is 0 Å². The number of aliphatic hydroxyl groups excluding tert-OH is 1. The van der Waals surface area contributed by atoms with Crippen molar-refractivity contribution < 1.29 is 80.2 Å².